The van der Waals surface area contributed by atoms with Crippen molar-refractivity contribution in [3.63, 3.8) is 0 Å². The summed E-state index contributed by atoms with van der Waals surface area (Å²) in [5.74, 6) is 0.341. The summed E-state index contributed by atoms with van der Waals surface area (Å²) in [4.78, 5) is 11.6. The first-order valence-corrected chi connectivity index (χ1v) is 5.43. The maximum Gasteiger partial charge on any atom is 0.236 e. The van der Waals surface area contributed by atoms with Crippen molar-refractivity contribution in [2.45, 2.75) is 38.5 Å². The largest absolute Gasteiger partial charge is 0.275 e. The Hall–Kier alpha value is 0.01000. The first kappa shape index (κ1) is 15.0. The van der Waals surface area contributed by atoms with Crippen molar-refractivity contribution in [3.05, 3.63) is 0 Å². The van der Waals surface area contributed by atoms with E-state index in [1.165, 1.54) is 25.7 Å². The van der Waals surface area contributed by atoms with Gasteiger partial charge in [-0.3, -0.25) is 9.80 Å². The summed E-state index contributed by atoms with van der Waals surface area (Å²) in [5, 5.41) is 4.24. The summed E-state index contributed by atoms with van der Waals surface area (Å²) in [6.45, 7) is 3.14. The van der Waals surface area contributed by atoms with E-state index in [1.807, 2.05) is 5.01 Å². The molecule has 2 aliphatic heterocycles. The van der Waals surface area contributed by atoms with Gasteiger partial charge in [-0.05, 0) is 25.7 Å². The van der Waals surface area contributed by atoms with Crippen LogP contribution >= 0.6 is 24.8 Å². The molecule has 2 heterocycles. The third-order valence-corrected chi connectivity index (χ3v) is 2.97. The van der Waals surface area contributed by atoms with Crippen LogP contribution in [0.25, 0.3) is 0 Å². The highest BCUT2D eigenvalue weighted by Crippen LogP contribution is 2.17. The molecule has 0 radical (unpaired) electrons. The summed E-state index contributed by atoms with van der Waals surface area (Å²) in [5.41, 5.74) is 0. The molecule has 2 saturated heterocycles. The Labute approximate surface area is 104 Å². The standard InChI is InChI=1S/C10H18N2O.2ClH/c13-10-6-2-5-9-12(10)11-7-3-1-4-8-11;;/h1-9H2;2*1H. The second kappa shape index (κ2) is 7.31. The van der Waals surface area contributed by atoms with Gasteiger partial charge < -0.3 is 0 Å². The van der Waals surface area contributed by atoms with Gasteiger partial charge in [0.05, 0.1) is 0 Å². The van der Waals surface area contributed by atoms with Crippen molar-refractivity contribution in [3.8, 4) is 0 Å². The Morgan fingerprint density at radius 2 is 1.40 bits per heavy atom. The van der Waals surface area contributed by atoms with Crippen molar-refractivity contribution in [2.24, 2.45) is 0 Å². The van der Waals surface area contributed by atoms with Gasteiger partial charge in [-0.1, -0.05) is 6.42 Å². The summed E-state index contributed by atoms with van der Waals surface area (Å²) in [7, 11) is 0. The van der Waals surface area contributed by atoms with Gasteiger partial charge in [-0.2, -0.15) is 0 Å². The Morgan fingerprint density at radius 1 is 0.800 bits per heavy atom. The SMILES string of the molecule is Cl.Cl.O=C1CCCCN1N1CCCCC1. The molecule has 0 saturated carbocycles. The van der Waals surface area contributed by atoms with Gasteiger partial charge >= 0.3 is 0 Å². The molecule has 0 aromatic rings. The summed E-state index contributed by atoms with van der Waals surface area (Å²) in [6, 6.07) is 0. The molecule has 0 aromatic heterocycles. The number of hydrogen-bond acceptors (Lipinski definition) is 2. The third kappa shape index (κ3) is 3.82. The van der Waals surface area contributed by atoms with E-state index in [0.29, 0.717) is 5.91 Å². The van der Waals surface area contributed by atoms with E-state index >= 15 is 0 Å². The zero-order chi connectivity index (χ0) is 9.10. The molecule has 5 heteroatoms. The number of hydrazine groups is 1. The molecule has 0 N–H and O–H groups in total. The maximum atomic E-state index is 11.6. The third-order valence-electron chi connectivity index (χ3n) is 2.97. The molecule has 0 unspecified atom stereocenters. The van der Waals surface area contributed by atoms with Crippen molar-refractivity contribution < 1.29 is 4.79 Å². The van der Waals surface area contributed by atoms with Crippen molar-refractivity contribution in [1.82, 2.24) is 10.0 Å². The molecule has 2 aliphatic rings. The highest BCUT2D eigenvalue weighted by atomic mass is 35.5. The van der Waals surface area contributed by atoms with Crippen LogP contribution in [0.1, 0.15) is 38.5 Å². The van der Waals surface area contributed by atoms with E-state index in [0.717, 1.165) is 32.5 Å². The molecule has 3 nitrogen and oxygen atoms in total. The average Bonchev–Trinajstić information content (AvgIpc) is 2.20. The van der Waals surface area contributed by atoms with Crippen molar-refractivity contribution in [2.75, 3.05) is 19.6 Å². The van der Waals surface area contributed by atoms with Crippen molar-refractivity contribution in [1.29, 1.82) is 0 Å². The molecule has 90 valence electrons. The lowest BCUT2D eigenvalue weighted by atomic mass is 10.1. The number of nitrogens with zero attached hydrogens (tertiary/aromatic N) is 2. The number of halogens is 2. The number of amides is 1. The molecular weight excluding hydrogens is 235 g/mol. The van der Waals surface area contributed by atoms with Crippen LogP contribution in [0.4, 0.5) is 0 Å². The minimum Gasteiger partial charge on any atom is -0.275 e. The Morgan fingerprint density at radius 3 is 2.00 bits per heavy atom. The van der Waals surface area contributed by atoms with Crippen LogP contribution in [0.3, 0.4) is 0 Å². The number of rotatable bonds is 1. The molecule has 0 aliphatic carbocycles. The van der Waals surface area contributed by atoms with Gasteiger partial charge in [-0.25, -0.2) is 5.01 Å². The lowest BCUT2D eigenvalue weighted by Crippen LogP contribution is -2.50. The minimum atomic E-state index is 0. The predicted octanol–water partition coefficient (Wildman–Crippen LogP) is 2.24. The van der Waals surface area contributed by atoms with Crippen LogP contribution in [0, 0.1) is 0 Å². The van der Waals surface area contributed by atoms with Gasteiger partial charge in [0.2, 0.25) is 5.91 Å². The topological polar surface area (TPSA) is 23.6 Å². The fraction of sp³-hybridized carbons (Fsp3) is 0.900. The molecule has 0 atom stereocenters. The lowest BCUT2D eigenvalue weighted by Gasteiger charge is -2.39. The quantitative estimate of drug-likeness (QED) is 0.717. The normalized spacial score (nSPS) is 22.9. The molecule has 2 fully saturated rings. The number of piperidine rings is 2. The highest BCUT2D eigenvalue weighted by Gasteiger charge is 2.24. The van der Waals surface area contributed by atoms with Gasteiger partial charge in [0.15, 0.2) is 0 Å². The van der Waals surface area contributed by atoms with E-state index in [2.05, 4.69) is 5.01 Å². The van der Waals surface area contributed by atoms with Gasteiger partial charge in [0.25, 0.3) is 0 Å². The molecule has 15 heavy (non-hydrogen) atoms. The Kier molecular flexibility index (Phi) is 7.32. The highest BCUT2D eigenvalue weighted by molar-refractivity contribution is 5.85. The second-order valence-electron chi connectivity index (χ2n) is 3.99. The van der Waals surface area contributed by atoms with Gasteiger partial charge in [-0.15, -0.1) is 24.8 Å². The van der Waals surface area contributed by atoms with Crippen LogP contribution in [0.2, 0.25) is 0 Å². The maximum absolute atomic E-state index is 11.6. The zero-order valence-corrected chi connectivity index (χ0v) is 10.6. The van der Waals surface area contributed by atoms with Gasteiger partial charge in [0, 0.05) is 26.1 Å². The molecule has 0 spiro atoms. The predicted molar refractivity (Wildman–Crippen MR) is 65.5 cm³/mol. The van der Waals surface area contributed by atoms with E-state index < -0.39 is 0 Å². The van der Waals surface area contributed by atoms with E-state index in [4.69, 9.17) is 0 Å². The fourth-order valence-corrected chi connectivity index (χ4v) is 2.21. The Bertz CT molecular complexity index is 196. The summed E-state index contributed by atoms with van der Waals surface area (Å²) < 4.78 is 0. The number of hydrogen-bond donors (Lipinski definition) is 0. The summed E-state index contributed by atoms with van der Waals surface area (Å²) in [6.07, 6.45) is 6.87. The smallest absolute Gasteiger partial charge is 0.236 e. The second-order valence-corrected chi connectivity index (χ2v) is 3.99. The number of carbonyl (C=O) groups is 1. The monoisotopic (exact) mass is 254 g/mol. The fourth-order valence-electron chi connectivity index (χ4n) is 2.21. The Balaban J connectivity index is 0.000000980. The molecule has 2 rings (SSSR count). The molecular formula is C10H20Cl2N2O. The van der Waals surface area contributed by atoms with Gasteiger partial charge in [0.1, 0.15) is 0 Å². The van der Waals surface area contributed by atoms with Crippen LogP contribution in [-0.4, -0.2) is 35.6 Å². The average molecular weight is 255 g/mol. The van der Waals surface area contributed by atoms with E-state index in [1.54, 1.807) is 0 Å². The van der Waals surface area contributed by atoms with E-state index in [9.17, 15) is 4.79 Å². The molecule has 0 aromatic carbocycles. The van der Waals surface area contributed by atoms with Crippen LogP contribution in [-0.2, 0) is 4.79 Å². The zero-order valence-electron chi connectivity index (χ0n) is 8.98. The first-order valence-electron chi connectivity index (χ1n) is 5.43. The van der Waals surface area contributed by atoms with Crippen LogP contribution in [0.5, 0.6) is 0 Å². The van der Waals surface area contributed by atoms with Crippen LogP contribution in [0.15, 0.2) is 0 Å². The summed E-state index contributed by atoms with van der Waals surface area (Å²) >= 11 is 0. The minimum absolute atomic E-state index is 0. The molecule has 1 amide bonds. The first-order chi connectivity index (χ1) is 6.38. The number of carbonyl (C=O) groups excluding carboxylic acids is 1. The lowest BCUT2D eigenvalue weighted by molar-refractivity contribution is -0.154. The van der Waals surface area contributed by atoms with E-state index in [-0.39, 0.29) is 24.8 Å². The van der Waals surface area contributed by atoms with Crippen LogP contribution < -0.4 is 0 Å². The molecule has 0 bridgehead atoms. The van der Waals surface area contributed by atoms with Crippen molar-refractivity contribution >= 4 is 30.7 Å².